The van der Waals surface area contributed by atoms with Gasteiger partial charge in [0.05, 0.1) is 19.9 Å². The Morgan fingerprint density at radius 1 is 1.14 bits per heavy atom. The van der Waals surface area contributed by atoms with Crippen LogP contribution in [-0.4, -0.2) is 10.8 Å². The van der Waals surface area contributed by atoms with Crippen LogP contribution in [0.1, 0.15) is 5.56 Å². The molecule has 0 aliphatic carbocycles. The average molecular weight is 415 g/mol. The molecule has 6 nitrogen and oxygen atoms in total. The van der Waals surface area contributed by atoms with E-state index in [9.17, 15) is 10.1 Å². The fourth-order valence-electron chi connectivity index (χ4n) is 1.55. The number of hydrogen-bond donors (Lipinski definition) is 2. The van der Waals surface area contributed by atoms with Crippen LogP contribution in [0.3, 0.4) is 0 Å². The van der Waals surface area contributed by atoms with Crippen LogP contribution >= 0.6 is 31.9 Å². The van der Waals surface area contributed by atoms with Crippen LogP contribution in [0.4, 0.5) is 5.69 Å². The van der Waals surface area contributed by atoms with Crippen LogP contribution in [0.15, 0.2) is 45.3 Å². The van der Waals surface area contributed by atoms with Crippen molar-refractivity contribution in [2.24, 2.45) is 5.73 Å². The molecule has 3 N–H and O–H groups in total. The molecule has 0 heterocycles. The Labute approximate surface area is 136 Å². The predicted octanol–water partition coefficient (Wildman–Crippen LogP) is 4.20. The van der Waals surface area contributed by atoms with Crippen LogP contribution in [0, 0.1) is 15.5 Å². The number of nitro benzene ring substituents is 1. The zero-order chi connectivity index (χ0) is 15.6. The number of non-ortho nitro benzene ring substituents is 1. The Bertz CT molecular complexity index is 735. The number of nitrogens with zero attached hydrogens (tertiary/aromatic N) is 1. The van der Waals surface area contributed by atoms with Gasteiger partial charge in [0.15, 0.2) is 0 Å². The summed E-state index contributed by atoms with van der Waals surface area (Å²) in [6.07, 6.45) is 0. The van der Waals surface area contributed by atoms with Crippen molar-refractivity contribution in [2.45, 2.75) is 0 Å². The molecule has 0 aliphatic rings. The standard InChI is InChI=1S/C13H9Br2N3O3/c14-9-3-2-8(18(19)20)6-12(9)21-11-4-1-7(13(16)17)5-10(11)15/h1-6H,(H3,16,17). The van der Waals surface area contributed by atoms with E-state index in [-0.39, 0.29) is 11.5 Å². The average Bonchev–Trinajstić information content (AvgIpc) is 2.42. The molecule has 0 aromatic heterocycles. The Hall–Kier alpha value is -1.93. The number of halogens is 2. The number of benzene rings is 2. The second-order valence-corrected chi connectivity index (χ2v) is 5.74. The lowest BCUT2D eigenvalue weighted by molar-refractivity contribution is -0.384. The number of hydrogen-bond acceptors (Lipinski definition) is 4. The Morgan fingerprint density at radius 3 is 2.43 bits per heavy atom. The number of nitrogen functional groups attached to an aromatic ring is 1. The van der Waals surface area contributed by atoms with Gasteiger partial charge in [0.2, 0.25) is 0 Å². The number of ether oxygens (including phenoxy) is 1. The summed E-state index contributed by atoms with van der Waals surface area (Å²) in [5, 5.41) is 18.2. The van der Waals surface area contributed by atoms with Crippen molar-refractivity contribution < 1.29 is 9.66 Å². The first-order chi connectivity index (χ1) is 9.88. The molecule has 0 aliphatic heterocycles. The molecule has 0 spiro atoms. The zero-order valence-electron chi connectivity index (χ0n) is 10.5. The Balaban J connectivity index is 2.36. The lowest BCUT2D eigenvalue weighted by Gasteiger charge is -2.10. The maximum absolute atomic E-state index is 10.8. The van der Waals surface area contributed by atoms with Crippen molar-refractivity contribution >= 4 is 43.4 Å². The fraction of sp³-hybridized carbons (Fsp3) is 0. The molecule has 8 heteroatoms. The van der Waals surface area contributed by atoms with E-state index in [1.165, 1.54) is 12.1 Å². The van der Waals surface area contributed by atoms with Gasteiger partial charge in [-0.2, -0.15) is 0 Å². The van der Waals surface area contributed by atoms with Crippen molar-refractivity contribution in [1.82, 2.24) is 0 Å². The van der Waals surface area contributed by atoms with Crippen molar-refractivity contribution in [3.05, 3.63) is 61.0 Å². The van der Waals surface area contributed by atoms with Crippen LogP contribution in [-0.2, 0) is 0 Å². The molecule has 2 aromatic rings. The fourth-order valence-corrected chi connectivity index (χ4v) is 2.34. The van der Waals surface area contributed by atoms with E-state index in [2.05, 4.69) is 31.9 Å². The van der Waals surface area contributed by atoms with E-state index in [1.54, 1.807) is 24.3 Å². The van der Waals surface area contributed by atoms with Crippen molar-refractivity contribution in [2.75, 3.05) is 0 Å². The third-order valence-corrected chi connectivity index (χ3v) is 3.86. The molecule has 0 atom stereocenters. The highest BCUT2D eigenvalue weighted by atomic mass is 79.9. The normalized spacial score (nSPS) is 10.2. The second kappa shape index (κ2) is 6.23. The zero-order valence-corrected chi connectivity index (χ0v) is 13.6. The Kier molecular flexibility index (Phi) is 4.59. The molecule has 0 radical (unpaired) electrons. The maximum Gasteiger partial charge on any atom is 0.273 e. The van der Waals surface area contributed by atoms with E-state index in [4.69, 9.17) is 15.9 Å². The molecule has 2 aromatic carbocycles. The van der Waals surface area contributed by atoms with Gasteiger partial charge in [-0.1, -0.05) is 0 Å². The summed E-state index contributed by atoms with van der Waals surface area (Å²) in [5.74, 6) is 0.723. The van der Waals surface area contributed by atoms with E-state index < -0.39 is 4.92 Å². The van der Waals surface area contributed by atoms with Crippen LogP contribution < -0.4 is 10.5 Å². The lowest BCUT2D eigenvalue weighted by Crippen LogP contribution is -2.10. The minimum absolute atomic E-state index is 0.0567. The van der Waals surface area contributed by atoms with E-state index in [1.807, 2.05) is 0 Å². The van der Waals surface area contributed by atoms with Gasteiger partial charge in [-0.15, -0.1) is 0 Å². The van der Waals surface area contributed by atoms with E-state index in [0.717, 1.165) is 0 Å². The molecule has 0 fully saturated rings. The summed E-state index contributed by atoms with van der Waals surface area (Å²) in [6, 6.07) is 9.16. The highest BCUT2D eigenvalue weighted by molar-refractivity contribution is 9.11. The number of nitrogens with two attached hydrogens (primary N) is 1. The van der Waals surface area contributed by atoms with Gasteiger partial charge in [-0.3, -0.25) is 15.5 Å². The molecule has 0 saturated carbocycles. The van der Waals surface area contributed by atoms with Crippen LogP contribution in [0.25, 0.3) is 0 Å². The predicted molar refractivity (Wildman–Crippen MR) is 86.0 cm³/mol. The molecule has 108 valence electrons. The molecule has 0 bridgehead atoms. The minimum atomic E-state index is -0.493. The van der Waals surface area contributed by atoms with E-state index >= 15 is 0 Å². The van der Waals surface area contributed by atoms with Crippen molar-refractivity contribution in [3.63, 3.8) is 0 Å². The first-order valence-corrected chi connectivity index (χ1v) is 7.23. The van der Waals surface area contributed by atoms with Crippen molar-refractivity contribution in [1.29, 1.82) is 5.41 Å². The summed E-state index contributed by atoms with van der Waals surface area (Å²) < 4.78 is 6.84. The molecular formula is C13H9Br2N3O3. The summed E-state index contributed by atoms with van der Waals surface area (Å²) in [7, 11) is 0. The van der Waals surface area contributed by atoms with E-state index in [0.29, 0.717) is 26.0 Å². The molecule has 0 unspecified atom stereocenters. The molecule has 21 heavy (non-hydrogen) atoms. The number of nitrogens with one attached hydrogen (secondary N) is 1. The first-order valence-electron chi connectivity index (χ1n) is 5.64. The maximum atomic E-state index is 10.8. The monoisotopic (exact) mass is 413 g/mol. The third-order valence-electron chi connectivity index (χ3n) is 2.59. The van der Waals surface area contributed by atoms with Gasteiger partial charge in [0.25, 0.3) is 5.69 Å². The topological polar surface area (TPSA) is 102 Å². The van der Waals surface area contributed by atoms with Gasteiger partial charge >= 0.3 is 0 Å². The number of rotatable bonds is 4. The van der Waals surface area contributed by atoms with Gasteiger partial charge in [-0.25, -0.2) is 0 Å². The largest absolute Gasteiger partial charge is 0.455 e. The Morgan fingerprint density at radius 2 is 1.86 bits per heavy atom. The number of nitro groups is 1. The molecule has 2 rings (SSSR count). The second-order valence-electron chi connectivity index (χ2n) is 4.03. The minimum Gasteiger partial charge on any atom is -0.455 e. The molecule has 0 amide bonds. The summed E-state index contributed by atoms with van der Waals surface area (Å²) in [6.45, 7) is 0. The molecular weight excluding hydrogens is 406 g/mol. The third kappa shape index (κ3) is 3.59. The quantitative estimate of drug-likeness (QED) is 0.338. The first kappa shape index (κ1) is 15.5. The summed E-state index contributed by atoms with van der Waals surface area (Å²) in [5.41, 5.74) is 5.89. The SMILES string of the molecule is N=C(N)c1ccc(Oc2cc([N+](=O)[O-])ccc2Br)c(Br)c1. The summed E-state index contributed by atoms with van der Waals surface area (Å²) in [4.78, 5) is 10.3. The van der Waals surface area contributed by atoms with Crippen molar-refractivity contribution in [3.8, 4) is 11.5 Å². The summed E-state index contributed by atoms with van der Waals surface area (Å²) >= 11 is 6.60. The highest BCUT2D eigenvalue weighted by Crippen LogP contribution is 2.36. The highest BCUT2D eigenvalue weighted by Gasteiger charge is 2.13. The van der Waals surface area contributed by atoms with Gasteiger partial charge < -0.3 is 10.5 Å². The number of amidine groups is 1. The smallest absolute Gasteiger partial charge is 0.273 e. The lowest BCUT2D eigenvalue weighted by atomic mass is 10.2. The van der Waals surface area contributed by atoms with Gasteiger partial charge in [0.1, 0.15) is 17.3 Å². The van der Waals surface area contributed by atoms with Crippen LogP contribution in [0.2, 0.25) is 0 Å². The molecule has 0 saturated heterocycles. The van der Waals surface area contributed by atoms with Gasteiger partial charge in [-0.05, 0) is 56.1 Å². The van der Waals surface area contributed by atoms with Gasteiger partial charge in [0, 0.05) is 11.6 Å². The van der Waals surface area contributed by atoms with Crippen LogP contribution in [0.5, 0.6) is 11.5 Å².